The van der Waals surface area contributed by atoms with Gasteiger partial charge in [-0.3, -0.25) is 4.79 Å². The summed E-state index contributed by atoms with van der Waals surface area (Å²) in [5, 5.41) is 0. The molecule has 0 saturated carbocycles. The molecule has 11 heavy (non-hydrogen) atoms. The van der Waals surface area contributed by atoms with Gasteiger partial charge in [0.1, 0.15) is 0 Å². The number of esters is 1. The predicted molar refractivity (Wildman–Crippen MR) is 43.1 cm³/mol. The van der Waals surface area contributed by atoms with Crippen LogP contribution in [0.2, 0.25) is 0 Å². The van der Waals surface area contributed by atoms with Crippen molar-refractivity contribution in [3.63, 3.8) is 0 Å². The van der Waals surface area contributed by atoms with E-state index in [1.165, 1.54) is 0 Å². The maximum absolute atomic E-state index is 10.8. The zero-order valence-electron chi connectivity index (χ0n) is 6.88. The van der Waals surface area contributed by atoms with Crippen molar-refractivity contribution in [2.75, 3.05) is 6.61 Å². The summed E-state index contributed by atoms with van der Waals surface area (Å²) in [6, 6.07) is 0. The Labute approximate surface area is 67.2 Å². The van der Waals surface area contributed by atoms with Crippen LogP contribution in [0, 0.1) is 5.92 Å². The Kier molecular flexibility index (Phi) is 3.14. The van der Waals surface area contributed by atoms with Crippen LogP contribution in [0.25, 0.3) is 0 Å². The first-order valence-corrected chi connectivity index (χ1v) is 4.09. The van der Waals surface area contributed by atoms with Crippen LogP contribution in [0.5, 0.6) is 0 Å². The van der Waals surface area contributed by atoms with Gasteiger partial charge in [0, 0.05) is 6.42 Å². The van der Waals surface area contributed by atoms with Gasteiger partial charge in [-0.05, 0) is 25.7 Å². The first-order chi connectivity index (χ1) is 5.33. The van der Waals surface area contributed by atoms with Crippen LogP contribution in [-0.2, 0) is 9.53 Å². The first kappa shape index (κ1) is 8.31. The highest BCUT2D eigenvalue weighted by Gasteiger charge is 2.18. The average Bonchev–Trinajstić information content (AvgIpc) is 2.01. The third-order valence-electron chi connectivity index (χ3n) is 1.95. The molecule has 0 spiro atoms. The first-order valence-electron chi connectivity index (χ1n) is 4.09. The van der Waals surface area contributed by atoms with Crippen LogP contribution in [0.1, 0.15) is 26.2 Å². The van der Waals surface area contributed by atoms with Crippen molar-refractivity contribution in [1.82, 2.24) is 0 Å². The van der Waals surface area contributed by atoms with E-state index in [-0.39, 0.29) is 5.97 Å². The normalized spacial score (nSPS) is 25.5. The fourth-order valence-electron chi connectivity index (χ4n) is 1.27. The standard InChI is InChI=1S/C9H14O2/c1-2-3-4-8-5-6-11-9(10)7-8/h2-3,8H,4-7H2,1H3. The fourth-order valence-corrected chi connectivity index (χ4v) is 1.27. The van der Waals surface area contributed by atoms with Crippen molar-refractivity contribution < 1.29 is 9.53 Å². The maximum Gasteiger partial charge on any atom is 0.306 e. The van der Waals surface area contributed by atoms with E-state index in [2.05, 4.69) is 6.08 Å². The van der Waals surface area contributed by atoms with Crippen LogP contribution < -0.4 is 0 Å². The van der Waals surface area contributed by atoms with Crippen molar-refractivity contribution in [3.8, 4) is 0 Å². The minimum Gasteiger partial charge on any atom is -0.466 e. The third kappa shape index (κ3) is 2.74. The highest BCUT2D eigenvalue weighted by molar-refractivity contribution is 5.70. The monoisotopic (exact) mass is 154 g/mol. The molecule has 1 rings (SSSR count). The molecule has 1 aliphatic rings. The molecular weight excluding hydrogens is 140 g/mol. The van der Waals surface area contributed by atoms with Crippen LogP contribution >= 0.6 is 0 Å². The van der Waals surface area contributed by atoms with Gasteiger partial charge in [0.05, 0.1) is 6.61 Å². The van der Waals surface area contributed by atoms with E-state index >= 15 is 0 Å². The quantitative estimate of drug-likeness (QED) is 0.448. The molecule has 1 fully saturated rings. The molecule has 0 amide bonds. The lowest BCUT2D eigenvalue weighted by Crippen LogP contribution is -2.20. The van der Waals surface area contributed by atoms with E-state index in [4.69, 9.17) is 4.74 Å². The molecule has 0 aliphatic carbocycles. The number of rotatable bonds is 2. The Hall–Kier alpha value is -0.790. The molecule has 2 nitrogen and oxygen atoms in total. The van der Waals surface area contributed by atoms with Crippen molar-refractivity contribution >= 4 is 5.97 Å². The largest absolute Gasteiger partial charge is 0.466 e. The molecule has 62 valence electrons. The van der Waals surface area contributed by atoms with Gasteiger partial charge in [-0.2, -0.15) is 0 Å². The molecule has 0 N–H and O–H groups in total. The summed E-state index contributed by atoms with van der Waals surface area (Å²) in [5.41, 5.74) is 0. The molecule has 0 aromatic heterocycles. The third-order valence-corrected chi connectivity index (χ3v) is 1.95. The number of cyclic esters (lactones) is 1. The van der Waals surface area contributed by atoms with Crippen LogP contribution in [0.15, 0.2) is 12.2 Å². The van der Waals surface area contributed by atoms with E-state index in [0.717, 1.165) is 12.8 Å². The van der Waals surface area contributed by atoms with Crippen molar-refractivity contribution in [1.29, 1.82) is 0 Å². The number of ether oxygens (including phenoxy) is 1. The second kappa shape index (κ2) is 4.16. The van der Waals surface area contributed by atoms with E-state index in [0.29, 0.717) is 18.9 Å². The molecule has 1 heterocycles. The molecule has 1 atom stereocenters. The van der Waals surface area contributed by atoms with Gasteiger partial charge < -0.3 is 4.74 Å². The molecule has 0 radical (unpaired) electrons. The minimum absolute atomic E-state index is 0.0363. The second-order valence-electron chi connectivity index (χ2n) is 2.88. The number of hydrogen-bond donors (Lipinski definition) is 0. The SMILES string of the molecule is CC=CCC1CCOC(=O)C1. The summed E-state index contributed by atoms with van der Waals surface area (Å²) >= 11 is 0. The highest BCUT2D eigenvalue weighted by atomic mass is 16.5. The van der Waals surface area contributed by atoms with Crippen molar-refractivity contribution in [3.05, 3.63) is 12.2 Å². The van der Waals surface area contributed by atoms with Gasteiger partial charge >= 0.3 is 5.97 Å². The topological polar surface area (TPSA) is 26.3 Å². The van der Waals surface area contributed by atoms with Crippen LogP contribution in [0.4, 0.5) is 0 Å². The number of allylic oxidation sites excluding steroid dienone is 2. The van der Waals surface area contributed by atoms with Gasteiger partial charge in [0.2, 0.25) is 0 Å². The molecule has 2 heteroatoms. The van der Waals surface area contributed by atoms with Gasteiger partial charge in [-0.15, -0.1) is 0 Å². The Balaban J connectivity index is 2.28. The Morgan fingerprint density at radius 1 is 1.73 bits per heavy atom. The van der Waals surface area contributed by atoms with Gasteiger partial charge in [-0.25, -0.2) is 0 Å². The summed E-state index contributed by atoms with van der Waals surface area (Å²) in [7, 11) is 0. The molecule has 0 aromatic carbocycles. The fraction of sp³-hybridized carbons (Fsp3) is 0.667. The predicted octanol–water partition coefficient (Wildman–Crippen LogP) is 1.91. The molecule has 1 aliphatic heterocycles. The van der Waals surface area contributed by atoms with E-state index in [1.54, 1.807) is 0 Å². The summed E-state index contributed by atoms with van der Waals surface area (Å²) in [6.45, 7) is 2.61. The van der Waals surface area contributed by atoms with Crippen molar-refractivity contribution in [2.24, 2.45) is 5.92 Å². The molecule has 0 aromatic rings. The summed E-state index contributed by atoms with van der Waals surface area (Å²) in [4.78, 5) is 10.8. The lowest BCUT2D eigenvalue weighted by Gasteiger charge is -2.19. The van der Waals surface area contributed by atoms with Crippen molar-refractivity contribution in [2.45, 2.75) is 26.2 Å². The van der Waals surface area contributed by atoms with Gasteiger partial charge in [-0.1, -0.05) is 12.2 Å². The number of carbonyl (C=O) groups excluding carboxylic acids is 1. The second-order valence-corrected chi connectivity index (χ2v) is 2.88. The minimum atomic E-state index is -0.0363. The maximum atomic E-state index is 10.8. The number of carbonyl (C=O) groups is 1. The molecule has 1 unspecified atom stereocenters. The average molecular weight is 154 g/mol. The summed E-state index contributed by atoms with van der Waals surface area (Å²) in [5.74, 6) is 0.484. The smallest absolute Gasteiger partial charge is 0.306 e. The number of hydrogen-bond acceptors (Lipinski definition) is 2. The van der Waals surface area contributed by atoms with Crippen LogP contribution in [-0.4, -0.2) is 12.6 Å². The lowest BCUT2D eigenvalue weighted by atomic mass is 9.96. The zero-order chi connectivity index (χ0) is 8.10. The highest BCUT2D eigenvalue weighted by Crippen LogP contribution is 2.19. The summed E-state index contributed by atoms with van der Waals surface area (Å²) in [6.07, 6.45) is 6.79. The van der Waals surface area contributed by atoms with E-state index in [1.807, 2.05) is 13.0 Å². The molecular formula is C9H14O2. The Morgan fingerprint density at radius 2 is 2.55 bits per heavy atom. The summed E-state index contributed by atoms with van der Waals surface area (Å²) < 4.78 is 4.83. The Morgan fingerprint density at radius 3 is 3.18 bits per heavy atom. The van der Waals surface area contributed by atoms with Gasteiger partial charge in [0.15, 0.2) is 0 Å². The molecule has 0 bridgehead atoms. The Bertz CT molecular complexity index is 161. The van der Waals surface area contributed by atoms with Gasteiger partial charge in [0.25, 0.3) is 0 Å². The molecule has 1 saturated heterocycles. The van der Waals surface area contributed by atoms with E-state index < -0.39 is 0 Å². The van der Waals surface area contributed by atoms with E-state index in [9.17, 15) is 4.79 Å². The lowest BCUT2D eigenvalue weighted by molar-refractivity contribution is -0.149. The van der Waals surface area contributed by atoms with Crippen LogP contribution in [0.3, 0.4) is 0 Å². The zero-order valence-corrected chi connectivity index (χ0v) is 6.88.